The van der Waals surface area contributed by atoms with Crippen LogP contribution >= 0.6 is 0 Å². The van der Waals surface area contributed by atoms with Crippen molar-refractivity contribution >= 4 is 0 Å². The number of halogens is 2. The first-order chi connectivity index (χ1) is 9.56. The largest absolute Gasteiger partial charge is 0.378 e. The van der Waals surface area contributed by atoms with Gasteiger partial charge in [0.25, 0.3) is 0 Å². The minimum Gasteiger partial charge on any atom is -0.378 e. The maximum absolute atomic E-state index is 14.0. The van der Waals surface area contributed by atoms with Gasteiger partial charge in [-0.3, -0.25) is 0 Å². The van der Waals surface area contributed by atoms with Crippen molar-refractivity contribution in [3.8, 4) is 0 Å². The van der Waals surface area contributed by atoms with Crippen LogP contribution in [0.1, 0.15) is 43.4 Å². The molecular formula is C16H23F2NO. The molecular weight excluding hydrogens is 260 g/mol. The van der Waals surface area contributed by atoms with Gasteiger partial charge in [0.1, 0.15) is 0 Å². The number of aryl methyl sites for hydroxylation is 1. The molecule has 4 heteroatoms. The molecule has 1 unspecified atom stereocenters. The Morgan fingerprint density at radius 1 is 1.30 bits per heavy atom. The molecule has 0 amide bonds. The molecule has 1 aliphatic rings. The van der Waals surface area contributed by atoms with Gasteiger partial charge >= 0.3 is 0 Å². The Balaban J connectivity index is 2.01. The molecule has 1 fully saturated rings. The molecule has 0 heterocycles. The molecule has 1 aliphatic carbocycles. The minimum absolute atomic E-state index is 0.141. The number of benzene rings is 1. The Morgan fingerprint density at radius 3 is 2.60 bits per heavy atom. The predicted molar refractivity (Wildman–Crippen MR) is 75.7 cm³/mol. The molecule has 0 aromatic heterocycles. The van der Waals surface area contributed by atoms with Crippen LogP contribution in [0.5, 0.6) is 0 Å². The zero-order valence-corrected chi connectivity index (χ0v) is 12.4. The number of nitrogens with one attached hydrogen (secondary N) is 1. The fourth-order valence-electron chi connectivity index (χ4n) is 2.90. The zero-order chi connectivity index (χ0) is 14.7. The summed E-state index contributed by atoms with van der Waals surface area (Å²) in [6.45, 7) is 4.31. The van der Waals surface area contributed by atoms with Gasteiger partial charge in [-0.15, -0.1) is 0 Å². The van der Waals surface area contributed by atoms with Crippen molar-refractivity contribution in [2.75, 3.05) is 13.7 Å². The summed E-state index contributed by atoms with van der Waals surface area (Å²) in [7, 11) is 1.79. The van der Waals surface area contributed by atoms with Crippen molar-refractivity contribution in [2.24, 2.45) is 5.92 Å². The molecule has 1 aromatic carbocycles. The maximum Gasteiger partial charge on any atom is 0.163 e. The summed E-state index contributed by atoms with van der Waals surface area (Å²) in [5, 5.41) is 3.10. The van der Waals surface area contributed by atoms with E-state index in [1.165, 1.54) is 0 Å². The first-order valence-corrected chi connectivity index (χ1v) is 7.30. The van der Waals surface area contributed by atoms with E-state index in [4.69, 9.17) is 4.74 Å². The molecule has 0 spiro atoms. The van der Waals surface area contributed by atoms with Crippen LogP contribution in [0.15, 0.2) is 12.1 Å². The van der Waals surface area contributed by atoms with Gasteiger partial charge in [-0.2, -0.15) is 0 Å². The number of hydrogen-bond donors (Lipinski definition) is 1. The lowest BCUT2D eigenvalue weighted by Gasteiger charge is -2.37. The van der Waals surface area contributed by atoms with Crippen LogP contribution in [-0.4, -0.2) is 19.8 Å². The molecule has 1 atom stereocenters. The van der Waals surface area contributed by atoms with Gasteiger partial charge in [-0.05, 0) is 51.6 Å². The quantitative estimate of drug-likeness (QED) is 0.858. The number of rotatable bonds is 6. The van der Waals surface area contributed by atoms with E-state index in [1.54, 1.807) is 26.1 Å². The normalized spacial score (nSPS) is 23.4. The fourth-order valence-corrected chi connectivity index (χ4v) is 2.90. The highest BCUT2D eigenvalue weighted by atomic mass is 19.2. The second-order valence-corrected chi connectivity index (χ2v) is 5.59. The summed E-state index contributed by atoms with van der Waals surface area (Å²) in [6, 6.07) is 3.19. The van der Waals surface area contributed by atoms with E-state index >= 15 is 0 Å². The van der Waals surface area contributed by atoms with Crippen LogP contribution in [0.4, 0.5) is 8.78 Å². The van der Waals surface area contributed by atoms with Crippen molar-refractivity contribution in [3.63, 3.8) is 0 Å². The number of ether oxygens (including phenoxy) is 1. The smallest absolute Gasteiger partial charge is 0.163 e. The Morgan fingerprint density at radius 2 is 2.00 bits per heavy atom. The minimum atomic E-state index is -0.733. The first kappa shape index (κ1) is 15.4. The highest BCUT2D eigenvalue weighted by Crippen LogP contribution is 2.37. The number of hydrogen-bond acceptors (Lipinski definition) is 2. The molecule has 0 aliphatic heterocycles. The highest BCUT2D eigenvalue weighted by Gasteiger charge is 2.32. The lowest BCUT2D eigenvalue weighted by molar-refractivity contribution is -0.0290. The molecule has 1 N–H and O–H groups in total. The summed E-state index contributed by atoms with van der Waals surface area (Å²) < 4.78 is 33.2. The summed E-state index contributed by atoms with van der Waals surface area (Å²) in [6.07, 6.45) is 3.20. The summed E-state index contributed by atoms with van der Waals surface area (Å²) >= 11 is 0. The lowest BCUT2D eigenvalue weighted by Crippen LogP contribution is -2.34. The van der Waals surface area contributed by atoms with E-state index < -0.39 is 11.6 Å². The molecule has 1 saturated carbocycles. The van der Waals surface area contributed by atoms with Crippen molar-refractivity contribution in [3.05, 3.63) is 34.9 Å². The topological polar surface area (TPSA) is 21.3 Å². The van der Waals surface area contributed by atoms with Gasteiger partial charge in [0.05, 0.1) is 6.10 Å². The second-order valence-electron chi connectivity index (χ2n) is 5.59. The van der Waals surface area contributed by atoms with Gasteiger partial charge < -0.3 is 10.1 Å². The van der Waals surface area contributed by atoms with Crippen LogP contribution in [-0.2, 0) is 4.74 Å². The molecule has 0 saturated heterocycles. The van der Waals surface area contributed by atoms with Gasteiger partial charge in [-0.1, -0.05) is 12.1 Å². The Bertz CT molecular complexity index is 458. The Kier molecular flexibility index (Phi) is 5.11. The summed E-state index contributed by atoms with van der Waals surface area (Å²) in [5.41, 5.74) is 0.775. The van der Waals surface area contributed by atoms with Crippen molar-refractivity contribution in [2.45, 2.75) is 45.3 Å². The Hall–Kier alpha value is -1.00. The molecule has 2 nitrogen and oxygen atoms in total. The van der Waals surface area contributed by atoms with E-state index in [0.29, 0.717) is 23.1 Å². The Labute approximate surface area is 119 Å². The third-order valence-electron chi connectivity index (χ3n) is 4.19. The average Bonchev–Trinajstić information content (AvgIpc) is 2.40. The third-order valence-corrected chi connectivity index (χ3v) is 4.19. The van der Waals surface area contributed by atoms with Crippen LogP contribution in [0, 0.1) is 24.5 Å². The van der Waals surface area contributed by atoms with Crippen LogP contribution < -0.4 is 5.32 Å². The highest BCUT2D eigenvalue weighted by molar-refractivity contribution is 5.28. The van der Waals surface area contributed by atoms with Gasteiger partial charge in [0.15, 0.2) is 11.6 Å². The lowest BCUT2D eigenvalue weighted by atomic mass is 9.77. The van der Waals surface area contributed by atoms with Crippen LogP contribution in [0.25, 0.3) is 0 Å². The van der Waals surface area contributed by atoms with E-state index in [-0.39, 0.29) is 6.04 Å². The van der Waals surface area contributed by atoms with E-state index in [0.717, 1.165) is 25.9 Å². The van der Waals surface area contributed by atoms with Crippen LogP contribution in [0.2, 0.25) is 0 Å². The molecule has 1 aromatic rings. The molecule has 2 rings (SSSR count). The third kappa shape index (κ3) is 3.18. The summed E-state index contributed by atoms with van der Waals surface area (Å²) in [4.78, 5) is 0. The van der Waals surface area contributed by atoms with E-state index in [9.17, 15) is 8.78 Å². The van der Waals surface area contributed by atoms with Crippen LogP contribution in [0.3, 0.4) is 0 Å². The second kappa shape index (κ2) is 6.64. The van der Waals surface area contributed by atoms with Gasteiger partial charge in [-0.25, -0.2) is 8.78 Å². The van der Waals surface area contributed by atoms with Gasteiger partial charge in [0.2, 0.25) is 0 Å². The standard InChI is InChI=1S/C16H23F2NO/c1-4-20-12-7-11(8-12)9-14(19-3)13-6-5-10(2)15(17)16(13)18/h5-6,11-12,14,19H,4,7-9H2,1-3H3. The van der Waals surface area contributed by atoms with E-state index in [1.807, 2.05) is 6.92 Å². The molecule has 20 heavy (non-hydrogen) atoms. The SMILES string of the molecule is CCOC1CC(CC(NC)c2ccc(C)c(F)c2F)C1. The molecule has 112 valence electrons. The van der Waals surface area contributed by atoms with Crippen molar-refractivity contribution in [1.29, 1.82) is 0 Å². The zero-order valence-electron chi connectivity index (χ0n) is 12.4. The van der Waals surface area contributed by atoms with Gasteiger partial charge in [0, 0.05) is 18.2 Å². The monoisotopic (exact) mass is 283 g/mol. The molecule has 0 radical (unpaired) electrons. The maximum atomic E-state index is 14.0. The average molecular weight is 283 g/mol. The summed E-state index contributed by atoms with van der Waals surface area (Å²) in [5.74, 6) is -0.929. The first-order valence-electron chi connectivity index (χ1n) is 7.30. The van der Waals surface area contributed by atoms with E-state index in [2.05, 4.69) is 5.32 Å². The fraction of sp³-hybridized carbons (Fsp3) is 0.625. The molecule has 0 bridgehead atoms. The van der Waals surface area contributed by atoms with Crippen molar-refractivity contribution in [1.82, 2.24) is 5.32 Å². The predicted octanol–water partition coefficient (Wildman–Crippen LogP) is 3.74. The van der Waals surface area contributed by atoms with Crippen molar-refractivity contribution < 1.29 is 13.5 Å².